The summed E-state index contributed by atoms with van der Waals surface area (Å²) in [5.41, 5.74) is -0.0496. The van der Waals surface area contributed by atoms with E-state index in [1.165, 1.54) is 63.6 Å². The Morgan fingerprint density at radius 3 is 2.32 bits per heavy atom. The number of alkyl halides is 3. The molecule has 204 valence electrons. The number of benzene rings is 1. The third-order valence-electron chi connectivity index (χ3n) is 6.05. The van der Waals surface area contributed by atoms with E-state index in [9.17, 15) is 18.0 Å². The zero-order chi connectivity index (χ0) is 27.8. The molecule has 1 saturated carbocycles. The number of ether oxygens (including phenoxy) is 1. The first-order valence-corrected chi connectivity index (χ1v) is 12.2. The number of aldehydes is 1. The minimum atomic E-state index is -4.39. The summed E-state index contributed by atoms with van der Waals surface area (Å²) in [4.78, 5) is 13.7. The number of aliphatic hydroxyl groups is 1. The molecule has 0 radical (unpaired) electrons. The lowest BCUT2D eigenvalue weighted by Gasteiger charge is -2.27. The Morgan fingerprint density at radius 1 is 1.19 bits per heavy atom. The number of halogens is 3. The van der Waals surface area contributed by atoms with Crippen LogP contribution < -0.4 is 10.1 Å². The summed E-state index contributed by atoms with van der Waals surface area (Å²) in [6, 6.07) is 8.07. The molecule has 37 heavy (non-hydrogen) atoms. The number of nitriles is 1. The molecule has 1 aromatic heterocycles. The normalized spacial score (nSPS) is 16.8. The smallest absolute Gasteiger partial charge is 0.433 e. The molecule has 1 aliphatic rings. The Hall–Kier alpha value is -3.16. The second kappa shape index (κ2) is 16.6. The van der Waals surface area contributed by atoms with Crippen molar-refractivity contribution in [2.45, 2.75) is 51.6 Å². The second-order valence-corrected chi connectivity index (χ2v) is 8.66. The highest BCUT2D eigenvalue weighted by molar-refractivity contribution is 5.76. The van der Waals surface area contributed by atoms with Crippen LogP contribution in [0.25, 0.3) is 0 Å². The number of aromatic hydroxyl groups is 1. The zero-order valence-electron chi connectivity index (χ0n) is 21.5. The van der Waals surface area contributed by atoms with Gasteiger partial charge in [-0.3, -0.25) is 4.79 Å². The maximum absolute atomic E-state index is 12.2. The van der Waals surface area contributed by atoms with Crippen LogP contribution in [0.3, 0.4) is 0 Å². The molecule has 1 fully saturated rings. The third-order valence-corrected chi connectivity index (χ3v) is 6.05. The highest BCUT2D eigenvalue weighted by atomic mass is 19.4. The highest BCUT2D eigenvalue weighted by Crippen LogP contribution is 2.31. The van der Waals surface area contributed by atoms with Crippen molar-refractivity contribution in [2.75, 3.05) is 27.3 Å². The zero-order valence-corrected chi connectivity index (χ0v) is 21.5. The first kappa shape index (κ1) is 31.9. The largest absolute Gasteiger partial charge is 0.507 e. The minimum absolute atomic E-state index is 0.0990. The summed E-state index contributed by atoms with van der Waals surface area (Å²) in [7, 11) is 3.43. The van der Waals surface area contributed by atoms with Crippen LogP contribution in [0.5, 0.6) is 11.5 Å². The molecule has 0 atom stereocenters. The van der Waals surface area contributed by atoms with Crippen molar-refractivity contribution < 1.29 is 32.9 Å². The number of carbonyl (C=O) groups excluding carboxylic acids is 1. The standard InChI is InChI=1S/C10H21NO.C9H10F3NO.C8H5NO2/c1-11-8-10-4-2-9(3-5-10)6-7-12;1-3-6-7(14-2)4-5-8(13-6)9(10,11)12;9-4-7-3-6(5-10)1-2-8(7)11/h9-12H,2-8H2,1H3;4-5H,3H2,1-2H3;1-3,5,11H. The molecule has 3 rings (SSSR count). The minimum Gasteiger partial charge on any atom is -0.507 e. The van der Waals surface area contributed by atoms with E-state index >= 15 is 0 Å². The van der Waals surface area contributed by atoms with Gasteiger partial charge in [0.2, 0.25) is 0 Å². The van der Waals surface area contributed by atoms with Gasteiger partial charge in [-0.25, -0.2) is 4.98 Å². The molecule has 1 aliphatic carbocycles. The van der Waals surface area contributed by atoms with Crippen molar-refractivity contribution in [3.8, 4) is 17.6 Å². The van der Waals surface area contributed by atoms with E-state index in [4.69, 9.17) is 20.2 Å². The van der Waals surface area contributed by atoms with Crippen LogP contribution in [0.2, 0.25) is 0 Å². The fraction of sp³-hybridized carbons (Fsp3) is 0.519. The number of methoxy groups -OCH3 is 1. The molecule has 0 amide bonds. The third kappa shape index (κ3) is 11.2. The molecule has 10 heteroatoms. The van der Waals surface area contributed by atoms with Gasteiger partial charge in [0.25, 0.3) is 0 Å². The van der Waals surface area contributed by atoms with Crippen LogP contribution in [-0.2, 0) is 12.6 Å². The highest BCUT2D eigenvalue weighted by Gasteiger charge is 2.32. The van der Waals surface area contributed by atoms with E-state index in [0.717, 1.165) is 24.3 Å². The molecule has 0 unspecified atom stereocenters. The van der Waals surface area contributed by atoms with E-state index in [1.54, 1.807) is 13.0 Å². The number of carbonyl (C=O) groups is 1. The Bertz CT molecular complexity index is 987. The van der Waals surface area contributed by atoms with Gasteiger partial charge >= 0.3 is 6.18 Å². The monoisotopic (exact) mass is 523 g/mol. The summed E-state index contributed by atoms with van der Waals surface area (Å²) < 4.78 is 41.6. The van der Waals surface area contributed by atoms with Crippen molar-refractivity contribution >= 4 is 6.29 Å². The fourth-order valence-electron chi connectivity index (χ4n) is 4.00. The molecule has 0 saturated heterocycles. The Labute approximate surface area is 216 Å². The van der Waals surface area contributed by atoms with Gasteiger partial charge in [0.15, 0.2) is 0 Å². The van der Waals surface area contributed by atoms with E-state index in [-0.39, 0.29) is 11.3 Å². The Kier molecular flexibility index (Phi) is 14.3. The fourth-order valence-corrected chi connectivity index (χ4v) is 4.00. The van der Waals surface area contributed by atoms with Gasteiger partial charge in [0.1, 0.15) is 29.5 Å². The second-order valence-electron chi connectivity index (χ2n) is 8.66. The van der Waals surface area contributed by atoms with Crippen molar-refractivity contribution in [3.05, 3.63) is 52.8 Å². The molecule has 2 aromatic rings. The first-order chi connectivity index (χ1) is 17.6. The molecule has 0 spiro atoms. The molecular formula is C27H36F3N3O4. The molecule has 0 aliphatic heterocycles. The number of aromatic nitrogens is 1. The Morgan fingerprint density at radius 2 is 1.84 bits per heavy atom. The van der Waals surface area contributed by atoms with Gasteiger partial charge in [-0.05, 0) is 81.4 Å². The van der Waals surface area contributed by atoms with E-state index in [1.807, 2.05) is 7.05 Å². The maximum atomic E-state index is 12.2. The predicted molar refractivity (Wildman–Crippen MR) is 134 cm³/mol. The van der Waals surface area contributed by atoms with Gasteiger partial charge in [0.05, 0.1) is 18.4 Å². The number of phenolic OH excluding ortho intramolecular Hbond substituents is 1. The number of aryl methyl sites for hydroxylation is 1. The lowest BCUT2D eigenvalue weighted by molar-refractivity contribution is -0.141. The van der Waals surface area contributed by atoms with Crippen molar-refractivity contribution in [3.63, 3.8) is 0 Å². The van der Waals surface area contributed by atoms with Crippen LogP contribution >= 0.6 is 0 Å². The molecule has 3 N–H and O–H groups in total. The topological polar surface area (TPSA) is 115 Å². The van der Waals surface area contributed by atoms with E-state index < -0.39 is 11.9 Å². The number of rotatable bonds is 7. The molecule has 1 heterocycles. The van der Waals surface area contributed by atoms with Crippen molar-refractivity contribution in [1.82, 2.24) is 10.3 Å². The summed E-state index contributed by atoms with van der Waals surface area (Å²) in [6.07, 6.45) is 3.02. The number of nitrogens with one attached hydrogen (secondary N) is 1. The van der Waals surface area contributed by atoms with Gasteiger partial charge < -0.3 is 20.3 Å². The van der Waals surface area contributed by atoms with Crippen LogP contribution in [0.15, 0.2) is 30.3 Å². The number of aliphatic hydroxyl groups excluding tert-OH is 1. The SMILES string of the molecule is CCc1nc(C(F)(F)F)ccc1OC.CNCC1CCC(CCO)CC1.N#Cc1cc(C=O)ccc1O. The van der Waals surface area contributed by atoms with Gasteiger partial charge in [-0.1, -0.05) is 19.8 Å². The van der Waals surface area contributed by atoms with Crippen molar-refractivity contribution in [2.24, 2.45) is 11.8 Å². The lowest BCUT2D eigenvalue weighted by atomic mass is 9.81. The summed E-state index contributed by atoms with van der Waals surface area (Å²) >= 11 is 0. The Balaban J connectivity index is 0.000000280. The van der Waals surface area contributed by atoms with Gasteiger partial charge in [-0.2, -0.15) is 18.4 Å². The summed E-state index contributed by atoms with van der Waals surface area (Å²) in [5.74, 6) is 1.99. The number of nitrogens with zero attached hydrogens (tertiary/aromatic N) is 2. The summed E-state index contributed by atoms with van der Waals surface area (Å²) in [6.45, 7) is 3.28. The number of phenols is 1. The number of pyridine rings is 1. The lowest BCUT2D eigenvalue weighted by Crippen LogP contribution is -2.24. The van der Waals surface area contributed by atoms with Crippen LogP contribution in [-0.4, -0.2) is 48.8 Å². The van der Waals surface area contributed by atoms with Crippen LogP contribution in [0.1, 0.15) is 66.3 Å². The van der Waals surface area contributed by atoms with E-state index in [2.05, 4.69) is 10.3 Å². The quantitative estimate of drug-likeness (QED) is 0.430. The van der Waals surface area contributed by atoms with Crippen LogP contribution in [0, 0.1) is 23.2 Å². The van der Waals surface area contributed by atoms with Crippen molar-refractivity contribution in [1.29, 1.82) is 5.26 Å². The first-order valence-electron chi connectivity index (χ1n) is 12.2. The molecule has 0 bridgehead atoms. The summed E-state index contributed by atoms with van der Waals surface area (Å²) in [5, 5.41) is 29.4. The molecule has 1 aromatic carbocycles. The number of hydrogen-bond donors (Lipinski definition) is 3. The van der Waals surface area contributed by atoms with Gasteiger partial charge in [0, 0.05) is 12.2 Å². The average molecular weight is 524 g/mol. The average Bonchev–Trinajstić information content (AvgIpc) is 2.90. The molecule has 7 nitrogen and oxygen atoms in total. The molecular weight excluding hydrogens is 487 g/mol. The van der Waals surface area contributed by atoms with Crippen LogP contribution in [0.4, 0.5) is 13.2 Å². The maximum Gasteiger partial charge on any atom is 0.433 e. The van der Waals surface area contributed by atoms with E-state index in [0.29, 0.717) is 36.3 Å². The predicted octanol–water partition coefficient (Wildman–Crippen LogP) is 5.14. The number of hydrogen-bond acceptors (Lipinski definition) is 7. The van der Waals surface area contributed by atoms with Gasteiger partial charge in [-0.15, -0.1) is 0 Å².